The molecule has 1 saturated carbocycles. The molecule has 1 fully saturated rings. The van der Waals surface area contributed by atoms with Crippen LogP contribution in [0.3, 0.4) is 0 Å². The van der Waals surface area contributed by atoms with Gasteiger partial charge >= 0.3 is 6.18 Å². The molecule has 1 aliphatic rings. The van der Waals surface area contributed by atoms with Gasteiger partial charge < -0.3 is 10.3 Å². The molecule has 1 aromatic heterocycles. The number of nitrogens with one attached hydrogen (secondary N) is 2. The first-order valence-electron chi connectivity index (χ1n) is 7.39. The Labute approximate surface area is 121 Å². The first-order chi connectivity index (χ1) is 10.0. The van der Waals surface area contributed by atoms with E-state index in [1.807, 2.05) is 30.5 Å². The van der Waals surface area contributed by atoms with Crippen molar-refractivity contribution in [3.8, 4) is 0 Å². The molecule has 2 N–H and O–H groups in total. The van der Waals surface area contributed by atoms with Crippen LogP contribution in [0.5, 0.6) is 0 Å². The van der Waals surface area contributed by atoms with Gasteiger partial charge in [-0.15, -0.1) is 0 Å². The highest BCUT2D eigenvalue weighted by atomic mass is 19.4. The summed E-state index contributed by atoms with van der Waals surface area (Å²) in [6.45, 7) is 0.616. The average molecular weight is 296 g/mol. The minimum Gasteiger partial charge on any atom is -0.361 e. The minimum absolute atomic E-state index is 0.0421. The standard InChI is InChI=1S/C16H19F3N2/c17-16(18,19)12-4-2-5-13(9-12)21-10-11-3-1-6-15-14(11)7-8-20-15/h1,3,6-8,12-13,20-21H,2,4-5,9-10H2. The quantitative estimate of drug-likeness (QED) is 0.864. The largest absolute Gasteiger partial charge is 0.391 e. The number of halogens is 3. The third kappa shape index (κ3) is 3.23. The van der Waals surface area contributed by atoms with Crippen molar-refractivity contribution in [3.05, 3.63) is 36.0 Å². The predicted octanol–water partition coefficient (Wildman–Crippen LogP) is 4.38. The molecular weight excluding hydrogens is 277 g/mol. The summed E-state index contributed by atoms with van der Waals surface area (Å²) in [5, 5.41) is 4.44. The number of hydrogen-bond donors (Lipinski definition) is 2. The monoisotopic (exact) mass is 296 g/mol. The van der Waals surface area contributed by atoms with Crippen LogP contribution in [0.2, 0.25) is 0 Å². The zero-order valence-electron chi connectivity index (χ0n) is 11.7. The van der Waals surface area contributed by atoms with Crippen molar-refractivity contribution in [3.63, 3.8) is 0 Å². The first-order valence-corrected chi connectivity index (χ1v) is 7.39. The van der Waals surface area contributed by atoms with Gasteiger partial charge in [0.15, 0.2) is 0 Å². The van der Waals surface area contributed by atoms with E-state index in [2.05, 4.69) is 10.3 Å². The van der Waals surface area contributed by atoms with Gasteiger partial charge in [-0.3, -0.25) is 0 Å². The van der Waals surface area contributed by atoms with E-state index in [9.17, 15) is 13.2 Å². The van der Waals surface area contributed by atoms with Crippen LogP contribution in [0.1, 0.15) is 31.2 Å². The molecule has 5 heteroatoms. The number of hydrogen-bond acceptors (Lipinski definition) is 1. The van der Waals surface area contributed by atoms with E-state index in [4.69, 9.17) is 0 Å². The summed E-state index contributed by atoms with van der Waals surface area (Å²) in [5.74, 6) is -1.15. The Bertz CT molecular complexity index is 603. The lowest BCUT2D eigenvalue weighted by Crippen LogP contribution is -2.38. The molecule has 0 saturated heterocycles. The lowest BCUT2D eigenvalue weighted by atomic mass is 9.85. The molecule has 2 unspecified atom stereocenters. The van der Waals surface area contributed by atoms with Crippen molar-refractivity contribution in [2.24, 2.45) is 5.92 Å². The molecule has 2 atom stereocenters. The molecule has 3 rings (SSSR count). The Morgan fingerprint density at radius 2 is 2.05 bits per heavy atom. The van der Waals surface area contributed by atoms with Crippen molar-refractivity contribution >= 4 is 10.9 Å². The number of aromatic amines is 1. The molecule has 0 radical (unpaired) electrons. The second-order valence-electron chi connectivity index (χ2n) is 5.84. The van der Waals surface area contributed by atoms with E-state index < -0.39 is 12.1 Å². The predicted molar refractivity (Wildman–Crippen MR) is 76.9 cm³/mol. The van der Waals surface area contributed by atoms with Crippen LogP contribution in [-0.4, -0.2) is 17.2 Å². The van der Waals surface area contributed by atoms with Crippen molar-refractivity contribution in [1.82, 2.24) is 10.3 Å². The fourth-order valence-corrected chi connectivity index (χ4v) is 3.23. The fourth-order valence-electron chi connectivity index (χ4n) is 3.23. The molecule has 0 bridgehead atoms. The maximum atomic E-state index is 12.8. The van der Waals surface area contributed by atoms with Crippen molar-refractivity contribution in [2.45, 2.75) is 44.4 Å². The van der Waals surface area contributed by atoms with Crippen LogP contribution in [0, 0.1) is 5.92 Å². The Hall–Kier alpha value is -1.49. The van der Waals surface area contributed by atoms with Crippen LogP contribution >= 0.6 is 0 Å². The number of benzene rings is 1. The second-order valence-corrected chi connectivity index (χ2v) is 5.84. The zero-order valence-corrected chi connectivity index (χ0v) is 11.7. The Morgan fingerprint density at radius 1 is 1.19 bits per heavy atom. The Kier molecular flexibility index (Phi) is 3.93. The number of alkyl halides is 3. The molecule has 21 heavy (non-hydrogen) atoms. The van der Waals surface area contributed by atoms with Crippen molar-refractivity contribution in [2.75, 3.05) is 0 Å². The van der Waals surface area contributed by atoms with Crippen LogP contribution in [0.4, 0.5) is 13.2 Å². The van der Waals surface area contributed by atoms with Crippen molar-refractivity contribution < 1.29 is 13.2 Å². The maximum absolute atomic E-state index is 12.8. The van der Waals surface area contributed by atoms with E-state index in [-0.39, 0.29) is 18.9 Å². The Balaban J connectivity index is 1.63. The third-order valence-electron chi connectivity index (χ3n) is 4.40. The summed E-state index contributed by atoms with van der Waals surface area (Å²) in [6, 6.07) is 7.95. The number of aromatic nitrogens is 1. The third-order valence-corrected chi connectivity index (χ3v) is 4.40. The highest BCUT2D eigenvalue weighted by Crippen LogP contribution is 2.37. The summed E-state index contributed by atoms with van der Waals surface area (Å²) in [7, 11) is 0. The van der Waals surface area contributed by atoms with E-state index >= 15 is 0 Å². The zero-order chi connectivity index (χ0) is 14.9. The van der Waals surface area contributed by atoms with E-state index in [1.54, 1.807) is 0 Å². The van der Waals surface area contributed by atoms with Gasteiger partial charge in [0.25, 0.3) is 0 Å². The van der Waals surface area contributed by atoms with Gasteiger partial charge in [0, 0.05) is 29.7 Å². The highest BCUT2D eigenvalue weighted by Gasteiger charge is 2.41. The molecule has 2 nitrogen and oxygen atoms in total. The summed E-state index contributed by atoms with van der Waals surface area (Å²) in [6.07, 6.45) is -0.219. The van der Waals surface area contributed by atoms with Crippen molar-refractivity contribution in [1.29, 1.82) is 0 Å². The topological polar surface area (TPSA) is 27.8 Å². The van der Waals surface area contributed by atoms with Gasteiger partial charge in [-0.1, -0.05) is 18.6 Å². The minimum atomic E-state index is -4.05. The van der Waals surface area contributed by atoms with Gasteiger partial charge in [0.2, 0.25) is 0 Å². The van der Waals surface area contributed by atoms with Crippen LogP contribution in [-0.2, 0) is 6.54 Å². The fraction of sp³-hybridized carbons (Fsp3) is 0.500. The number of fused-ring (bicyclic) bond motifs is 1. The molecule has 1 aromatic carbocycles. The molecule has 0 spiro atoms. The SMILES string of the molecule is FC(F)(F)C1CCCC(NCc2cccc3[nH]ccc23)C1. The lowest BCUT2D eigenvalue weighted by Gasteiger charge is -2.31. The summed E-state index contributed by atoms with van der Waals surface area (Å²) in [4.78, 5) is 3.15. The molecule has 0 amide bonds. The molecule has 1 heterocycles. The summed E-state index contributed by atoms with van der Waals surface area (Å²) >= 11 is 0. The number of H-pyrrole nitrogens is 1. The molecule has 0 aliphatic heterocycles. The van der Waals surface area contributed by atoms with Gasteiger partial charge in [0.05, 0.1) is 5.92 Å². The molecule has 2 aromatic rings. The van der Waals surface area contributed by atoms with Gasteiger partial charge in [-0.25, -0.2) is 0 Å². The summed E-state index contributed by atoms with van der Waals surface area (Å²) < 4.78 is 38.4. The molecular formula is C16H19F3N2. The normalized spacial score (nSPS) is 23.6. The van der Waals surface area contributed by atoms with Gasteiger partial charge in [-0.2, -0.15) is 13.2 Å². The van der Waals surface area contributed by atoms with E-state index in [0.717, 1.165) is 22.9 Å². The first kappa shape index (κ1) is 14.4. The van der Waals surface area contributed by atoms with Crippen LogP contribution in [0.25, 0.3) is 10.9 Å². The van der Waals surface area contributed by atoms with Crippen LogP contribution in [0.15, 0.2) is 30.5 Å². The smallest absolute Gasteiger partial charge is 0.361 e. The Morgan fingerprint density at radius 3 is 2.86 bits per heavy atom. The second kappa shape index (κ2) is 5.72. The van der Waals surface area contributed by atoms with E-state index in [1.165, 1.54) is 0 Å². The average Bonchev–Trinajstić information content (AvgIpc) is 2.93. The van der Waals surface area contributed by atoms with E-state index in [0.29, 0.717) is 13.0 Å². The molecule has 1 aliphatic carbocycles. The van der Waals surface area contributed by atoms with Gasteiger partial charge in [-0.05, 0) is 37.0 Å². The van der Waals surface area contributed by atoms with Gasteiger partial charge in [0.1, 0.15) is 0 Å². The van der Waals surface area contributed by atoms with Crippen LogP contribution < -0.4 is 5.32 Å². The summed E-state index contributed by atoms with van der Waals surface area (Å²) in [5.41, 5.74) is 2.19. The lowest BCUT2D eigenvalue weighted by molar-refractivity contribution is -0.183. The highest BCUT2D eigenvalue weighted by molar-refractivity contribution is 5.82. The molecule has 114 valence electrons. The number of rotatable bonds is 3. The maximum Gasteiger partial charge on any atom is 0.391 e.